The normalized spacial score (nSPS) is 14.2. The van der Waals surface area contributed by atoms with Gasteiger partial charge in [-0.05, 0) is 218 Å². The molecule has 0 spiro atoms. The Bertz CT molecular complexity index is 7250. The first-order valence-corrected chi connectivity index (χ1v) is 39.9. The Hall–Kier alpha value is -13.3. The molecule has 0 atom stereocenters. The molecule has 23 rings (SSSR count). The fraction of sp³-hybridized carbons (Fsp3) is 0.0943. The van der Waals surface area contributed by atoms with Gasteiger partial charge >= 0.3 is 0 Å². The number of aryl methyl sites for hydroxylation is 1. The monoisotopic (exact) mass is 1450 g/mol. The Balaban J connectivity index is 0.000000138. The second-order valence-electron chi connectivity index (χ2n) is 32.4. The number of furan rings is 1. The molecule has 0 fully saturated rings. The van der Waals surface area contributed by atoms with E-state index in [2.05, 4.69) is 401 Å². The maximum absolute atomic E-state index is 6.24. The van der Waals surface area contributed by atoms with Gasteiger partial charge in [0, 0.05) is 91.5 Å². The van der Waals surface area contributed by atoms with Crippen LogP contribution in [0.2, 0.25) is 0 Å². The molecule has 0 amide bonds. The summed E-state index contributed by atoms with van der Waals surface area (Å²) in [5, 5.41) is 10.1. The average Bonchev–Trinajstić information content (AvgIpc) is 1.59. The van der Waals surface area contributed by atoms with E-state index in [1.54, 1.807) is 0 Å². The number of anilines is 6. The lowest BCUT2D eigenvalue weighted by Crippen LogP contribution is -2.30. The number of thiophene rings is 1. The molecule has 0 saturated carbocycles. The lowest BCUT2D eigenvalue weighted by molar-refractivity contribution is 0.631. The molecule has 0 bridgehead atoms. The third-order valence-electron chi connectivity index (χ3n) is 25.0. The van der Waals surface area contributed by atoms with Crippen molar-refractivity contribution in [1.29, 1.82) is 0 Å². The minimum absolute atomic E-state index is 0.0688. The maximum atomic E-state index is 6.24. The first-order chi connectivity index (χ1) is 54.7. The number of fused-ring (bicyclic) bond motifs is 19. The second-order valence-corrected chi connectivity index (χ2v) is 33.5. The zero-order chi connectivity index (χ0) is 75.0. The van der Waals surface area contributed by atoms with Gasteiger partial charge in [-0.3, -0.25) is 0 Å². The van der Waals surface area contributed by atoms with E-state index in [0.717, 1.165) is 33.3 Å². The van der Waals surface area contributed by atoms with Gasteiger partial charge in [0.2, 0.25) is 0 Å². The molecule has 534 valence electrons. The summed E-state index contributed by atoms with van der Waals surface area (Å²) in [6.45, 7) is 16.4. The predicted molar refractivity (Wildman–Crippen MR) is 474 cm³/mol. The van der Waals surface area contributed by atoms with Crippen LogP contribution in [0, 0.1) is 6.92 Å². The standard InChI is InChI=1S/C55H42N2O.C51H36N2S/c1-33-18-25-49-46(28-33)55(4,5)47-29-35(21-26-50(47)57(49)37-24-27-53-43(30-37)40-14-8-11-17-52(40)58-53)34-19-22-36(23-20-34)56-48-16-10-7-13-39(48)42-31-41-38-12-6-9-15-44(38)54(2,3)45(41)32-51(42)56;1-51(2)43-17-6-9-20-47(43)53(37-29-24-34(25-30-37)38-15-11-16-42-41-14-5-10-21-49(41)54-50(38)42)48-31-26-35(32-44(48)51)33-22-27-36(28-23-33)52-45-18-7-3-12-39(45)40-13-4-8-19-46(40)52/h6-32H,1-5H3;3-32H,1-2H3. The Morgan fingerprint density at radius 1 is 0.250 bits per heavy atom. The summed E-state index contributed by atoms with van der Waals surface area (Å²) in [4.78, 5) is 4.90. The van der Waals surface area contributed by atoms with Gasteiger partial charge in [-0.15, -0.1) is 11.3 Å². The number of rotatable bonds is 7. The van der Waals surface area contributed by atoms with Crippen LogP contribution >= 0.6 is 11.3 Å². The molecule has 6 heterocycles. The Labute approximate surface area is 655 Å². The first-order valence-electron chi connectivity index (χ1n) is 39.1. The third-order valence-corrected chi connectivity index (χ3v) is 26.3. The fourth-order valence-corrected chi connectivity index (χ4v) is 20.6. The molecule has 5 nitrogen and oxygen atoms in total. The number of aromatic nitrogens is 2. The van der Waals surface area contributed by atoms with Crippen molar-refractivity contribution in [3.8, 4) is 55.9 Å². The lowest BCUT2D eigenvalue weighted by atomic mass is 9.72. The van der Waals surface area contributed by atoms with Crippen LogP contribution in [-0.2, 0) is 16.2 Å². The lowest BCUT2D eigenvalue weighted by Gasteiger charge is -2.42. The Morgan fingerprint density at radius 2 is 0.696 bits per heavy atom. The molecule has 3 aliphatic rings. The highest BCUT2D eigenvalue weighted by Crippen LogP contribution is 2.57. The van der Waals surface area contributed by atoms with E-state index in [-0.39, 0.29) is 16.2 Å². The van der Waals surface area contributed by atoms with Gasteiger partial charge in [0.15, 0.2) is 0 Å². The second kappa shape index (κ2) is 24.6. The molecule has 2 aliphatic heterocycles. The van der Waals surface area contributed by atoms with Crippen LogP contribution in [0.1, 0.15) is 80.5 Å². The van der Waals surface area contributed by atoms with E-state index in [9.17, 15) is 0 Å². The van der Waals surface area contributed by atoms with Crippen molar-refractivity contribution in [2.45, 2.75) is 64.7 Å². The summed E-state index contributed by atoms with van der Waals surface area (Å²) in [5.74, 6) is 0. The largest absolute Gasteiger partial charge is 0.456 e. The summed E-state index contributed by atoms with van der Waals surface area (Å²) in [6, 6.07) is 128. The molecule has 6 heteroatoms. The van der Waals surface area contributed by atoms with Crippen LogP contribution in [0.5, 0.6) is 0 Å². The highest BCUT2D eigenvalue weighted by atomic mass is 32.1. The van der Waals surface area contributed by atoms with Gasteiger partial charge in [0.1, 0.15) is 11.2 Å². The van der Waals surface area contributed by atoms with Gasteiger partial charge < -0.3 is 23.4 Å². The number of benzene rings is 16. The van der Waals surface area contributed by atoms with Crippen LogP contribution in [0.4, 0.5) is 34.1 Å². The van der Waals surface area contributed by atoms with Gasteiger partial charge in [0.25, 0.3) is 0 Å². The summed E-state index contributed by atoms with van der Waals surface area (Å²) >= 11 is 1.88. The molecule has 0 saturated heterocycles. The minimum atomic E-state index is -0.216. The number of nitrogens with zero attached hydrogens (tertiary/aromatic N) is 4. The molecule has 112 heavy (non-hydrogen) atoms. The van der Waals surface area contributed by atoms with Gasteiger partial charge in [-0.1, -0.05) is 259 Å². The van der Waals surface area contributed by atoms with Crippen LogP contribution in [-0.4, -0.2) is 9.13 Å². The first kappa shape index (κ1) is 65.8. The summed E-state index contributed by atoms with van der Waals surface area (Å²) in [5.41, 5.74) is 35.2. The topological polar surface area (TPSA) is 29.5 Å². The summed E-state index contributed by atoms with van der Waals surface area (Å²) in [6.07, 6.45) is 0. The highest BCUT2D eigenvalue weighted by Gasteiger charge is 2.40. The van der Waals surface area contributed by atoms with E-state index in [0.29, 0.717) is 0 Å². The van der Waals surface area contributed by atoms with E-state index in [1.165, 1.54) is 181 Å². The molecule has 0 radical (unpaired) electrons. The highest BCUT2D eigenvalue weighted by molar-refractivity contribution is 7.26. The van der Waals surface area contributed by atoms with Crippen molar-refractivity contribution in [1.82, 2.24) is 9.13 Å². The number of hydrogen-bond acceptors (Lipinski definition) is 4. The minimum Gasteiger partial charge on any atom is -0.456 e. The average molecular weight is 1460 g/mol. The molecule has 0 unspecified atom stereocenters. The number of para-hydroxylation sites is 5. The quantitative estimate of drug-likeness (QED) is 0.159. The molecule has 1 aliphatic carbocycles. The molecule has 16 aromatic carbocycles. The van der Waals surface area contributed by atoms with Crippen LogP contribution < -0.4 is 9.80 Å². The van der Waals surface area contributed by atoms with Crippen molar-refractivity contribution in [3.05, 3.63) is 385 Å². The van der Waals surface area contributed by atoms with Crippen molar-refractivity contribution in [2.75, 3.05) is 9.80 Å². The molecular formula is C106H78N4OS. The van der Waals surface area contributed by atoms with E-state index >= 15 is 0 Å². The summed E-state index contributed by atoms with van der Waals surface area (Å²) < 4.78 is 13.8. The third kappa shape index (κ3) is 9.87. The van der Waals surface area contributed by atoms with Gasteiger partial charge in [0.05, 0.1) is 44.8 Å². The summed E-state index contributed by atoms with van der Waals surface area (Å²) in [7, 11) is 0. The van der Waals surface area contributed by atoms with Crippen molar-refractivity contribution >= 4 is 131 Å². The van der Waals surface area contributed by atoms with Crippen molar-refractivity contribution in [2.24, 2.45) is 0 Å². The zero-order valence-electron chi connectivity index (χ0n) is 63.5. The van der Waals surface area contributed by atoms with E-state index < -0.39 is 0 Å². The molecule has 0 N–H and O–H groups in total. The fourth-order valence-electron chi connectivity index (χ4n) is 19.3. The SMILES string of the molecule is CC1(C)c2ccccc2N(c2ccc(-c3cccc4c3sc3ccccc34)cc2)c2ccc(-c3ccc(-n4c5ccccc5c5ccccc54)cc3)cc21.Cc1ccc2c(c1)C(C)(C)c1cc(-c3ccc(-n4c5ccccc5c5cc6c(cc54)C(C)(C)c4ccccc4-6)cc3)ccc1N2c1ccc2oc3ccccc3c2c1. The maximum Gasteiger partial charge on any atom is 0.135 e. The van der Waals surface area contributed by atoms with Crippen LogP contribution in [0.25, 0.3) is 142 Å². The van der Waals surface area contributed by atoms with Crippen molar-refractivity contribution in [3.63, 3.8) is 0 Å². The van der Waals surface area contributed by atoms with Crippen LogP contribution in [0.3, 0.4) is 0 Å². The van der Waals surface area contributed by atoms with E-state index in [1.807, 2.05) is 23.5 Å². The van der Waals surface area contributed by atoms with Crippen molar-refractivity contribution < 1.29 is 4.42 Å². The number of hydrogen-bond donors (Lipinski definition) is 0. The molecule has 20 aromatic rings. The van der Waals surface area contributed by atoms with E-state index in [4.69, 9.17) is 4.42 Å². The molecular weight excluding hydrogens is 1380 g/mol. The molecule has 4 aromatic heterocycles. The zero-order valence-corrected chi connectivity index (χ0v) is 64.3. The predicted octanol–water partition coefficient (Wildman–Crippen LogP) is 29.7. The Kier molecular flexibility index (Phi) is 14.5. The smallest absolute Gasteiger partial charge is 0.135 e. The van der Waals surface area contributed by atoms with Crippen LogP contribution in [0.15, 0.2) is 350 Å². The van der Waals surface area contributed by atoms with Gasteiger partial charge in [-0.2, -0.15) is 0 Å². The van der Waals surface area contributed by atoms with Gasteiger partial charge in [-0.25, -0.2) is 0 Å². The Morgan fingerprint density at radius 3 is 1.36 bits per heavy atom.